The third-order valence-corrected chi connectivity index (χ3v) is 5.78. The highest BCUT2D eigenvalue weighted by Gasteiger charge is 2.36. The van der Waals surface area contributed by atoms with E-state index in [2.05, 4.69) is 10.0 Å². The minimum absolute atomic E-state index is 0.136. The maximum absolute atomic E-state index is 13.2. The normalized spacial score (nSPS) is 28.2. The molecule has 3 atom stereocenters. The van der Waals surface area contributed by atoms with E-state index in [-0.39, 0.29) is 23.4 Å². The quantitative estimate of drug-likeness (QED) is 0.824. The van der Waals surface area contributed by atoms with Gasteiger partial charge in [0.15, 0.2) is 0 Å². The molecule has 1 unspecified atom stereocenters. The van der Waals surface area contributed by atoms with E-state index in [4.69, 9.17) is 0 Å². The number of hydrogen-bond acceptors (Lipinski definition) is 4. The lowest BCUT2D eigenvalue weighted by atomic mass is 10.1. The Hall–Kier alpha value is -1.51. The molecule has 2 aliphatic heterocycles. The average molecular weight is 341 g/mol. The molecule has 3 rings (SSSR count). The Kier molecular flexibility index (Phi) is 4.65. The van der Waals surface area contributed by atoms with E-state index in [1.54, 1.807) is 18.2 Å². The number of carbonyl (C=O) groups is 1. The summed E-state index contributed by atoms with van der Waals surface area (Å²) in [5.41, 5.74) is 0. The van der Waals surface area contributed by atoms with Crippen molar-refractivity contribution in [1.29, 1.82) is 0 Å². The molecule has 0 aromatic heterocycles. The minimum Gasteiger partial charge on any atom is -0.338 e. The largest absolute Gasteiger partial charge is 0.338 e. The summed E-state index contributed by atoms with van der Waals surface area (Å²) < 4.78 is 40.4. The fraction of sp³-hybridized carbons (Fsp3) is 0.533. The molecule has 2 fully saturated rings. The van der Waals surface area contributed by atoms with Gasteiger partial charge in [-0.05, 0) is 25.0 Å². The van der Waals surface area contributed by atoms with Crippen LogP contribution in [0.3, 0.4) is 0 Å². The first kappa shape index (κ1) is 16.4. The molecule has 1 aromatic rings. The number of nitrogens with zero attached hydrogens (tertiary/aromatic N) is 1. The second kappa shape index (κ2) is 6.54. The van der Waals surface area contributed by atoms with Gasteiger partial charge < -0.3 is 10.2 Å². The highest BCUT2D eigenvalue weighted by Crippen LogP contribution is 2.18. The Balaban J connectivity index is 1.59. The predicted octanol–water partition coefficient (Wildman–Crippen LogP) is 0.266. The van der Waals surface area contributed by atoms with Gasteiger partial charge in [0.2, 0.25) is 15.9 Å². The molecular formula is C15H20FN3O3S. The van der Waals surface area contributed by atoms with E-state index < -0.39 is 22.2 Å². The lowest BCUT2D eigenvalue weighted by molar-refractivity contribution is -0.132. The maximum atomic E-state index is 13.2. The number of benzene rings is 1. The molecule has 0 bridgehead atoms. The Labute approximate surface area is 135 Å². The highest BCUT2D eigenvalue weighted by molar-refractivity contribution is 7.89. The molecule has 6 nitrogen and oxygen atoms in total. The molecule has 2 aliphatic rings. The van der Waals surface area contributed by atoms with Crippen LogP contribution in [0.15, 0.2) is 35.2 Å². The van der Waals surface area contributed by atoms with Crippen LogP contribution in [0, 0.1) is 0 Å². The van der Waals surface area contributed by atoms with Gasteiger partial charge in [-0.25, -0.2) is 17.5 Å². The van der Waals surface area contributed by atoms with Crippen molar-refractivity contribution in [1.82, 2.24) is 14.9 Å². The van der Waals surface area contributed by atoms with Crippen LogP contribution in [0.25, 0.3) is 0 Å². The molecule has 23 heavy (non-hydrogen) atoms. The molecule has 1 amide bonds. The fourth-order valence-electron chi connectivity index (χ4n) is 3.04. The molecule has 126 valence electrons. The van der Waals surface area contributed by atoms with Crippen LogP contribution in [0.1, 0.15) is 12.8 Å². The molecule has 2 heterocycles. The van der Waals surface area contributed by atoms with Crippen LogP contribution < -0.4 is 10.0 Å². The molecule has 0 radical (unpaired) electrons. The zero-order valence-electron chi connectivity index (χ0n) is 12.6. The van der Waals surface area contributed by atoms with Crippen molar-refractivity contribution in [3.63, 3.8) is 0 Å². The number of nitrogens with one attached hydrogen (secondary N) is 2. The van der Waals surface area contributed by atoms with E-state index in [9.17, 15) is 17.6 Å². The van der Waals surface area contributed by atoms with Crippen molar-refractivity contribution in [2.24, 2.45) is 0 Å². The van der Waals surface area contributed by atoms with Crippen LogP contribution >= 0.6 is 0 Å². The predicted molar refractivity (Wildman–Crippen MR) is 83.1 cm³/mol. The van der Waals surface area contributed by atoms with Gasteiger partial charge in [-0.3, -0.25) is 4.79 Å². The van der Waals surface area contributed by atoms with E-state index in [0.717, 1.165) is 0 Å². The number of likely N-dealkylation sites (tertiary alicyclic amines) is 1. The first-order valence-corrected chi connectivity index (χ1v) is 9.17. The molecule has 2 saturated heterocycles. The van der Waals surface area contributed by atoms with Crippen molar-refractivity contribution in [3.05, 3.63) is 30.3 Å². The number of carbonyl (C=O) groups excluding carboxylic acids is 1. The van der Waals surface area contributed by atoms with Crippen molar-refractivity contribution >= 4 is 15.9 Å². The first-order chi connectivity index (χ1) is 11.0. The van der Waals surface area contributed by atoms with Crippen LogP contribution in [0.2, 0.25) is 0 Å². The molecular weight excluding hydrogens is 321 g/mol. The molecule has 1 aromatic carbocycles. The van der Waals surface area contributed by atoms with Crippen LogP contribution in [-0.2, 0) is 14.8 Å². The molecule has 0 aliphatic carbocycles. The number of halogens is 1. The fourth-order valence-corrected chi connectivity index (χ4v) is 4.31. The lowest BCUT2D eigenvalue weighted by Gasteiger charge is -2.20. The van der Waals surface area contributed by atoms with Gasteiger partial charge in [0.25, 0.3) is 0 Å². The van der Waals surface area contributed by atoms with E-state index >= 15 is 0 Å². The van der Waals surface area contributed by atoms with Crippen LogP contribution in [-0.4, -0.2) is 57.1 Å². The van der Waals surface area contributed by atoms with Crippen LogP contribution in [0.5, 0.6) is 0 Å². The van der Waals surface area contributed by atoms with Gasteiger partial charge in [0.1, 0.15) is 6.17 Å². The summed E-state index contributed by atoms with van der Waals surface area (Å²) in [6.07, 6.45) is -0.200. The number of amides is 1. The third kappa shape index (κ3) is 3.70. The number of hydrogen-bond donors (Lipinski definition) is 2. The smallest absolute Gasteiger partial charge is 0.240 e. The Bertz CT molecular complexity index is 668. The summed E-state index contributed by atoms with van der Waals surface area (Å²) in [7, 11) is -3.60. The summed E-state index contributed by atoms with van der Waals surface area (Å²) in [4.78, 5) is 14.0. The standard InChI is InChI=1S/C15H20FN3O3S/c16-11-6-7-19(10-11)15(20)14-8-12(9-17-14)18-23(21,22)13-4-2-1-3-5-13/h1-5,11-12,14,17-18H,6-10H2/t11?,12-,14-/m0/s1. The highest BCUT2D eigenvalue weighted by atomic mass is 32.2. The Morgan fingerprint density at radius 2 is 2.04 bits per heavy atom. The third-order valence-electron chi connectivity index (χ3n) is 4.25. The van der Waals surface area contributed by atoms with Crippen molar-refractivity contribution < 1.29 is 17.6 Å². The molecule has 8 heteroatoms. The van der Waals surface area contributed by atoms with Gasteiger partial charge >= 0.3 is 0 Å². The van der Waals surface area contributed by atoms with E-state index in [1.165, 1.54) is 17.0 Å². The van der Waals surface area contributed by atoms with Gasteiger partial charge in [-0.15, -0.1) is 0 Å². The number of rotatable bonds is 4. The average Bonchev–Trinajstić information content (AvgIpc) is 3.16. The van der Waals surface area contributed by atoms with E-state index in [1.807, 2.05) is 0 Å². The first-order valence-electron chi connectivity index (χ1n) is 7.69. The summed E-state index contributed by atoms with van der Waals surface area (Å²) in [5.74, 6) is -0.147. The van der Waals surface area contributed by atoms with Crippen LogP contribution in [0.4, 0.5) is 4.39 Å². The number of alkyl halides is 1. The second-order valence-corrected chi connectivity index (χ2v) is 7.71. The SMILES string of the molecule is O=C([C@@H]1C[C@H](NS(=O)(=O)c2ccccc2)CN1)N1CCC(F)C1. The van der Waals surface area contributed by atoms with Crippen molar-refractivity contribution in [2.75, 3.05) is 19.6 Å². The van der Waals surface area contributed by atoms with Gasteiger partial charge in [0, 0.05) is 19.1 Å². The Morgan fingerprint density at radius 1 is 1.30 bits per heavy atom. The van der Waals surface area contributed by atoms with Gasteiger partial charge in [-0.2, -0.15) is 0 Å². The molecule has 2 N–H and O–H groups in total. The lowest BCUT2D eigenvalue weighted by Crippen LogP contribution is -2.42. The second-order valence-electron chi connectivity index (χ2n) is 6.00. The van der Waals surface area contributed by atoms with Gasteiger partial charge in [-0.1, -0.05) is 18.2 Å². The van der Waals surface area contributed by atoms with Crippen molar-refractivity contribution in [2.45, 2.75) is 36.0 Å². The zero-order chi connectivity index (χ0) is 16.4. The maximum Gasteiger partial charge on any atom is 0.240 e. The topological polar surface area (TPSA) is 78.5 Å². The summed E-state index contributed by atoms with van der Waals surface area (Å²) in [5, 5.41) is 3.03. The summed E-state index contributed by atoms with van der Waals surface area (Å²) in [6.45, 7) is 0.950. The Morgan fingerprint density at radius 3 is 2.70 bits per heavy atom. The van der Waals surface area contributed by atoms with Gasteiger partial charge in [0.05, 0.1) is 17.5 Å². The minimum atomic E-state index is -3.60. The van der Waals surface area contributed by atoms with E-state index in [0.29, 0.717) is 25.9 Å². The van der Waals surface area contributed by atoms with Crippen molar-refractivity contribution in [3.8, 4) is 0 Å². The monoisotopic (exact) mass is 341 g/mol. The zero-order valence-corrected chi connectivity index (χ0v) is 13.4. The summed E-state index contributed by atoms with van der Waals surface area (Å²) >= 11 is 0. The molecule has 0 saturated carbocycles. The number of sulfonamides is 1. The summed E-state index contributed by atoms with van der Waals surface area (Å²) in [6, 6.07) is 7.32. The molecule has 0 spiro atoms.